The third kappa shape index (κ3) is 9.09. The number of halogens is 1. The van der Waals surface area contributed by atoms with Crippen LogP contribution in [0.15, 0.2) is 35.9 Å². The molecule has 0 aliphatic carbocycles. The first-order valence-corrected chi connectivity index (χ1v) is 18.7. The molecular formula is C36H50ClN3O10S. The fourth-order valence-electron chi connectivity index (χ4n) is 6.64. The van der Waals surface area contributed by atoms with Crippen molar-refractivity contribution in [3.63, 3.8) is 0 Å². The lowest BCUT2D eigenvalue weighted by molar-refractivity contribution is -0.162. The molecule has 2 fully saturated rings. The maximum Gasteiger partial charge on any atom is 0.409 e. The fraction of sp³-hybridized carbons (Fsp3) is 0.611. The minimum absolute atomic E-state index is 0.0538. The van der Waals surface area contributed by atoms with Crippen LogP contribution in [0.3, 0.4) is 0 Å². The molecule has 2 saturated heterocycles. The Morgan fingerprint density at radius 3 is 2.65 bits per heavy atom. The van der Waals surface area contributed by atoms with Crippen LogP contribution in [-0.2, 0) is 46.4 Å². The van der Waals surface area contributed by atoms with Crippen molar-refractivity contribution in [1.29, 1.82) is 0 Å². The van der Waals surface area contributed by atoms with E-state index >= 15 is 0 Å². The van der Waals surface area contributed by atoms with Crippen molar-refractivity contribution >= 4 is 52.9 Å². The molecule has 51 heavy (non-hydrogen) atoms. The number of carbonyl (C=O) groups is 4. The lowest BCUT2D eigenvalue weighted by atomic mass is 9.83. The molecule has 3 aliphatic heterocycles. The number of nitrogens with one attached hydrogen (secondary N) is 1. The van der Waals surface area contributed by atoms with E-state index in [1.54, 1.807) is 52.1 Å². The summed E-state index contributed by atoms with van der Waals surface area (Å²) in [5.74, 6) is -1.34. The summed E-state index contributed by atoms with van der Waals surface area (Å²) in [6.07, 6.45) is 2.97. The van der Waals surface area contributed by atoms with Gasteiger partial charge in [-0.05, 0) is 50.6 Å². The van der Waals surface area contributed by atoms with Gasteiger partial charge in [0.25, 0.3) is 0 Å². The Bertz CT molecular complexity index is 1560. The zero-order chi connectivity index (χ0) is 37.8. The number of hydrogen-bond acceptors (Lipinski definition) is 11. The number of aliphatic hydroxyl groups is 2. The van der Waals surface area contributed by atoms with Gasteiger partial charge in [0.1, 0.15) is 30.0 Å². The zero-order valence-electron chi connectivity index (χ0n) is 30.4. The first-order valence-electron chi connectivity index (χ1n) is 16.9. The zero-order valence-corrected chi connectivity index (χ0v) is 32.0. The number of ether oxygens (including phenoxy) is 4. The number of thioether (sulfide) groups is 1. The van der Waals surface area contributed by atoms with Crippen LogP contribution in [-0.4, -0.2) is 114 Å². The van der Waals surface area contributed by atoms with Crippen molar-refractivity contribution < 1.29 is 48.3 Å². The van der Waals surface area contributed by atoms with Gasteiger partial charge in [-0.1, -0.05) is 48.4 Å². The Hall–Kier alpha value is -3.14. The van der Waals surface area contributed by atoms with Gasteiger partial charge in [-0.2, -0.15) is 11.8 Å². The topological polar surface area (TPSA) is 167 Å². The van der Waals surface area contributed by atoms with Crippen LogP contribution < -0.4 is 10.2 Å². The highest BCUT2D eigenvalue weighted by molar-refractivity contribution is 7.98. The third-order valence-electron chi connectivity index (χ3n) is 10.1. The van der Waals surface area contributed by atoms with Crippen LogP contribution in [0.1, 0.15) is 58.1 Å². The number of epoxide rings is 1. The number of hydrogen-bond donors (Lipinski definition) is 3. The molecule has 1 aromatic rings. The highest BCUT2D eigenvalue weighted by atomic mass is 35.5. The molecule has 3 amide bonds. The number of esters is 1. The molecule has 4 rings (SSSR count). The average Bonchev–Trinajstić information content (AvgIpc) is 3.79. The van der Waals surface area contributed by atoms with E-state index in [0.29, 0.717) is 23.4 Å². The van der Waals surface area contributed by atoms with Crippen molar-refractivity contribution in [3.8, 4) is 0 Å². The predicted molar refractivity (Wildman–Crippen MR) is 193 cm³/mol. The Morgan fingerprint density at radius 1 is 1.29 bits per heavy atom. The van der Waals surface area contributed by atoms with E-state index in [-0.39, 0.29) is 36.8 Å². The van der Waals surface area contributed by atoms with Crippen molar-refractivity contribution in [1.82, 2.24) is 10.2 Å². The molecule has 282 valence electrons. The lowest BCUT2D eigenvalue weighted by Crippen LogP contribution is -2.63. The van der Waals surface area contributed by atoms with Crippen LogP contribution in [0.4, 0.5) is 10.5 Å². The average molecular weight is 752 g/mol. The number of likely N-dealkylation sites (N-methyl/N-ethyl adjacent to an activating group) is 1. The Labute approximate surface area is 308 Å². The van der Waals surface area contributed by atoms with Gasteiger partial charge < -0.3 is 39.0 Å². The van der Waals surface area contributed by atoms with E-state index in [0.717, 1.165) is 11.1 Å². The number of anilines is 1. The molecule has 0 saturated carbocycles. The summed E-state index contributed by atoms with van der Waals surface area (Å²) in [6.45, 7) is 6.60. The minimum atomic E-state index is -1.83. The molecular weight excluding hydrogens is 702 g/mol. The number of rotatable bonds is 8. The van der Waals surface area contributed by atoms with E-state index in [1.807, 2.05) is 19.3 Å². The quantitative estimate of drug-likeness (QED) is 0.262. The van der Waals surface area contributed by atoms with E-state index in [2.05, 4.69) is 5.32 Å². The van der Waals surface area contributed by atoms with Crippen molar-refractivity contribution in [2.45, 2.75) is 102 Å². The Kier molecular flexibility index (Phi) is 13.3. The van der Waals surface area contributed by atoms with Crippen LogP contribution in [0, 0.1) is 5.92 Å². The number of fused-ring (bicyclic) bond motifs is 5. The van der Waals surface area contributed by atoms with Crippen molar-refractivity contribution in [2.75, 3.05) is 38.1 Å². The Balaban J connectivity index is 1.76. The number of benzene rings is 1. The van der Waals surface area contributed by atoms with E-state index in [4.69, 9.17) is 30.5 Å². The Morgan fingerprint density at radius 2 is 2.00 bits per heavy atom. The summed E-state index contributed by atoms with van der Waals surface area (Å²) in [7, 11) is 4.51. The number of carbonyl (C=O) groups excluding carboxylic acids is 4. The maximum absolute atomic E-state index is 14.1. The monoisotopic (exact) mass is 751 g/mol. The SMILES string of the molecule is CO[C@@H]1/C=C/C=C(\C)Cc2cc(CO)c(Cl)c(c2)N(C)C(=O)C[C@H](OC(=O)[C@H](C)N(C)C(=O)CCSC)[C@]2(C)O[C@H]2[C@H](C)[C@@H]2C[C@@]1(O)NC(=O)O2. The first kappa shape index (κ1) is 40.6. The summed E-state index contributed by atoms with van der Waals surface area (Å²) in [4.78, 5) is 55.9. The number of nitrogens with zero attached hydrogens (tertiary/aromatic N) is 2. The molecule has 13 nitrogen and oxygen atoms in total. The molecule has 3 N–H and O–H groups in total. The number of amides is 3. The third-order valence-corrected chi connectivity index (χ3v) is 11.2. The van der Waals surface area contributed by atoms with Gasteiger partial charge in [-0.15, -0.1) is 0 Å². The molecule has 4 bridgehead atoms. The number of allylic oxidation sites excluding steroid dienone is 3. The smallest absolute Gasteiger partial charge is 0.409 e. The van der Waals surface area contributed by atoms with Crippen LogP contribution in [0.5, 0.6) is 0 Å². The first-order chi connectivity index (χ1) is 24.0. The summed E-state index contributed by atoms with van der Waals surface area (Å²) >= 11 is 8.23. The summed E-state index contributed by atoms with van der Waals surface area (Å²) in [5.41, 5.74) is -0.569. The van der Waals surface area contributed by atoms with Crippen LogP contribution >= 0.6 is 23.4 Å². The predicted octanol–water partition coefficient (Wildman–Crippen LogP) is 3.75. The lowest BCUT2D eigenvalue weighted by Gasteiger charge is -2.42. The van der Waals surface area contributed by atoms with Gasteiger partial charge in [0.15, 0.2) is 5.72 Å². The molecule has 0 radical (unpaired) electrons. The largest absolute Gasteiger partial charge is 0.457 e. The van der Waals surface area contributed by atoms with E-state index in [1.165, 1.54) is 35.7 Å². The minimum Gasteiger partial charge on any atom is -0.457 e. The maximum atomic E-state index is 14.1. The molecule has 0 unspecified atom stereocenters. The number of aliphatic hydroxyl groups excluding tert-OH is 1. The fourth-order valence-corrected chi connectivity index (χ4v) is 7.32. The van der Waals surface area contributed by atoms with Crippen molar-refractivity contribution in [2.24, 2.45) is 5.92 Å². The number of methoxy groups -OCH3 is 1. The van der Waals surface area contributed by atoms with E-state index < -0.39 is 65.7 Å². The summed E-state index contributed by atoms with van der Waals surface area (Å²) < 4.78 is 23.5. The standard InChI is InChI=1S/C36H50ClN3O10S/c1-20-10-9-11-27(47-7)36(46)18-26(48-34(45)38-36)21(2)32-35(4,50-32)28(49-33(44)22(3)39(5)29(42)12-13-51-8)17-30(43)40(6)25-16-23(14-20)15-24(19-41)31(25)37/h9-11,15-16,21-22,26-28,32,41,46H,12-14,17-19H2,1-8H3,(H,38,45)/b11-9+,20-10+/t21-,22+,26+,27-,28+,32+,35+,36+/m1/s1. The van der Waals surface area contributed by atoms with Gasteiger partial charge in [-0.25, -0.2) is 9.59 Å². The molecule has 15 heteroatoms. The molecule has 8 atom stereocenters. The van der Waals surface area contributed by atoms with Crippen LogP contribution in [0.25, 0.3) is 0 Å². The highest BCUT2D eigenvalue weighted by Crippen LogP contribution is 2.49. The van der Waals surface area contributed by atoms with Gasteiger partial charge in [0, 0.05) is 45.7 Å². The van der Waals surface area contributed by atoms with Crippen molar-refractivity contribution in [3.05, 3.63) is 52.1 Å². The normalized spacial score (nSPS) is 32.0. The highest BCUT2D eigenvalue weighted by Gasteiger charge is 2.64. The second-order valence-electron chi connectivity index (χ2n) is 13.8. The molecule has 3 aliphatic rings. The van der Waals surface area contributed by atoms with Crippen LogP contribution in [0.2, 0.25) is 5.02 Å². The number of alkyl carbamates (subject to hydrolysis) is 1. The molecule has 0 spiro atoms. The summed E-state index contributed by atoms with van der Waals surface area (Å²) in [6, 6.07) is 2.57. The summed E-state index contributed by atoms with van der Waals surface area (Å²) in [5, 5.41) is 24.5. The van der Waals surface area contributed by atoms with Gasteiger partial charge in [0.2, 0.25) is 11.8 Å². The van der Waals surface area contributed by atoms with Gasteiger partial charge >= 0.3 is 12.1 Å². The second-order valence-corrected chi connectivity index (χ2v) is 15.1. The van der Waals surface area contributed by atoms with E-state index in [9.17, 15) is 29.4 Å². The van der Waals surface area contributed by atoms with Gasteiger partial charge in [0.05, 0.1) is 29.8 Å². The molecule has 1 aromatic carbocycles. The molecule has 3 heterocycles. The van der Waals surface area contributed by atoms with Gasteiger partial charge in [-0.3, -0.25) is 14.9 Å². The molecule has 0 aromatic heterocycles. The second kappa shape index (κ2) is 16.7.